The summed E-state index contributed by atoms with van der Waals surface area (Å²) in [5.41, 5.74) is 0.0592. The molecule has 2 aromatic rings. The molecule has 9 heteroatoms. The number of carbonyl (C=O) groups is 1. The van der Waals surface area contributed by atoms with E-state index in [1.807, 2.05) is 0 Å². The number of alkyl halides is 5. The fourth-order valence-electron chi connectivity index (χ4n) is 2.44. The molecule has 1 amide bonds. The van der Waals surface area contributed by atoms with Crippen molar-refractivity contribution >= 4 is 12.0 Å². The van der Waals surface area contributed by atoms with E-state index in [0.717, 1.165) is 18.2 Å². The average molecular weight is 415 g/mol. The lowest BCUT2D eigenvalue weighted by Crippen LogP contribution is -2.23. The number of rotatable bonds is 8. The quantitative estimate of drug-likeness (QED) is 0.503. The van der Waals surface area contributed by atoms with Crippen LogP contribution < -0.4 is 14.8 Å². The zero-order valence-electron chi connectivity index (χ0n) is 15.3. The van der Waals surface area contributed by atoms with Crippen LogP contribution in [0.4, 0.5) is 22.0 Å². The number of benzene rings is 2. The highest BCUT2D eigenvalue weighted by molar-refractivity contribution is 5.91. The van der Waals surface area contributed by atoms with Crippen molar-refractivity contribution in [1.29, 1.82) is 0 Å². The predicted molar refractivity (Wildman–Crippen MR) is 96.8 cm³/mol. The Hall–Kier alpha value is -3.10. The fourth-order valence-corrected chi connectivity index (χ4v) is 2.44. The first kappa shape index (κ1) is 22.2. The molecule has 0 fully saturated rings. The summed E-state index contributed by atoms with van der Waals surface area (Å²) in [6.07, 6.45) is -1.74. The Morgan fingerprint density at radius 1 is 1.14 bits per heavy atom. The summed E-state index contributed by atoms with van der Waals surface area (Å²) >= 11 is 0. The number of hydrogen-bond donors (Lipinski definition) is 1. The van der Waals surface area contributed by atoms with Gasteiger partial charge in [-0.1, -0.05) is 18.2 Å². The minimum absolute atomic E-state index is 0.115. The molecule has 0 saturated heterocycles. The van der Waals surface area contributed by atoms with E-state index in [2.05, 4.69) is 10.1 Å². The molecule has 0 aliphatic rings. The van der Waals surface area contributed by atoms with Crippen molar-refractivity contribution in [2.75, 3.05) is 13.7 Å². The molecule has 4 nitrogen and oxygen atoms in total. The number of amides is 1. The van der Waals surface area contributed by atoms with Gasteiger partial charge in [0.05, 0.1) is 12.7 Å². The standard InChI is InChI=1S/C20H18F5NO3/c1-28-16-7-5-14(12-17(16)29-19(21)22)9-10-26-18(27)8-6-13-3-2-4-15(11-13)20(23,24)25/h2-8,11-12,19H,9-10H2,1H3,(H,26,27)/b8-6+. The highest BCUT2D eigenvalue weighted by atomic mass is 19.4. The summed E-state index contributed by atoms with van der Waals surface area (Å²) in [4.78, 5) is 11.8. The summed E-state index contributed by atoms with van der Waals surface area (Å²) in [5.74, 6) is -0.460. The van der Waals surface area contributed by atoms with E-state index in [4.69, 9.17) is 4.74 Å². The van der Waals surface area contributed by atoms with Crippen molar-refractivity contribution in [1.82, 2.24) is 5.32 Å². The van der Waals surface area contributed by atoms with Crippen LogP contribution in [0.15, 0.2) is 48.5 Å². The molecule has 0 unspecified atom stereocenters. The Bertz CT molecular complexity index is 865. The lowest BCUT2D eigenvalue weighted by molar-refractivity contribution is -0.137. The second-order valence-corrected chi connectivity index (χ2v) is 5.86. The molecule has 0 aromatic heterocycles. The summed E-state index contributed by atoms with van der Waals surface area (Å²) in [7, 11) is 1.32. The van der Waals surface area contributed by atoms with E-state index in [0.29, 0.717) is 12.0 Å². The highest BCUT2D eigenvalue weighted by Gasteiger charge is 2.30. The summed E-state index contributed by atoms with van der Waals surface area (Å²) in [5, 5.41) is 2.57. The van der Waals surface area contributed by atoms with E-state index in [1.165, 1.54) is 37.5 Å². The first-order chi connectivity index (χ1) is 13.7. The Balaban J connectivity index is 1.91. The van der Waals surface area contributed by atoms with Gasteiger partial charge in [0.15, 0.2) is 11.5 Å². The Kier molecular flexibility index (Phi) is 7.58. The maximum atomic E-state index is 12.7. The van der Waals surface area contributed by atoms with Crippen LogP contribution in [0.3, 0.4) is 0 Å². The van der Waals surface area contributed by atoms with E-state index in [-0.39, 0.29) is 23.6 Å². The molecule has 0 bridgehead atoms. The van der Waals surface area contributed by atoms with E-state index in [9.17, 15) is 26.7 Å². The SMILES string of the molecule is COc1ccc(CCNC(=O)/C=C/c2cccc(C(F)(F)F)c2)cc1OC(F)F. The normalized spacial score (nSPS) is 11.7. The van der Waals surface area contributed by atoms with Gasteiger partial charge in [0, 0.05) is 12.6 Å². The van der Waals surface area contributed by atoms with Crippen LogP contribution in [0.1, 0.15) is 16.7 Å². The number of hydrogen-bond acceptors (Lipinski definition) is 3. The average Bonchev–Trinajstić information content (AvgIpc) is 2.66. The maximum Gasteiger partial charge on any atom is 0.416 e. The molecule has 0 spiro atoms. The Morgan fingerprint density at radius 2 is 1.90 bits per heavy atom. The first-order valence-electron chi connectivity index (χ1n) is 8.44. The molecular weight excluding hydrogens is 397 g/mol. The van der Waals surface area contributed by atoms with Crippen LogP contribution in [0.25, 0.3) is 6.08 Å². The Morgan fingerprint density at radius 3 is 2.55 bits per heavy atom. The van der Waals surface area contributed by atoms with Crippen LogP contribution in [0.2, 0.25) is 0 Å². The molecule has 0 aliphatic carbocycles. The lowest BCUT2D eigenvalue weighted by Gasteiger charge is -2.11. The molecule has 1 N–H and O–H groups in total. The van der Waals surface area contributed by atoms with Crippen molar-refractivity contribution < 1.29 is 36.2 Å². The molecule has 0 aliphatic heterocycles. The maximum absolute atomic E-state index is 12.7. The topological polar surface area (TPSA) is 47.6 Å². The van der Waals surface area contributed by atoms with Gasteiger partial charge in [-0.05, 0) is 47.9 Å². The monoisotopic (exact) mass is 415 g/mol. The smallest absolute Gasteiger partial charge is 0.416 e. The predicted octanol–water partition coefficient (Wildman–Crippen LogP) is 4.69. The van der Waals surface area contributed by atoms with Gasteiger partial charge in [0.2, 0.25) is 5.91 Å². The molecule has 29 heavy (non-hydrogen) atoms. The molecule has 0 heterocycles. The second-order valence-electron chi connectivity index (χ2n) is 5.86. The molecule has 0 saturated carbocycles. The molecule has 2 aromatic carbocycles. The van der Waals surface area contributed by atoms with Crippen molar-refractivity contribution in [2.24, 2.45) is 0 Å². The third kappa shape index (κ3) is 7.10. The van der Waals surface area contributed by atoms with Crippen LogP contribution in [0.5, 0.6) is 11.5 Å². The molecular formula is C20H18F5NO3. The van der Waals surface area contributed by atoms with E-state index >= 15 is 0 Å². The van der Waals surface area contributed by atoms with Crippen molar-refractivity contribution in [3.63, 3.8) is 0 Å². The van der Waals surface area contributed by atoms with Gasteiger partial charge in [0.1, 0.15) is 0 Å². The number of methoxy groups -OCH3 is 1. The highest BCUT2D eigenvalue weighted by Crippen LogP contribution is 2.30. The van der Waals surface area contributed by atoms with Crippen LogP contribution in [-0.2, 0) is 17.4 Å². The molecule has 156 valence electrons. The molecule has 0 radical (unpaired) electrons. The second kappa shape index (κ2) is 9.90. The lowest BCUT2D eigenvalue weighted by atomic mass is 10.1. The zero-order chi connectivity index (χ0) is 21.4. The molecule has 0 atom stereocenters. The molecule has 2 rings (SSSR count). The van der Waals surface area contributed by atoms with Gasteiger partial charge in [-0.25, -0.2) is 0 Å². The van der Waals surface area contributed by atoms with Gasteiger partial charge >= 0.3 is 12.8 Å². The van der Waals surface area contributed by atoms with Gasteiger partial charge < -0.3 is 14.8 Å². The first-order valence-corrected chi connectivity index (χ1v) is 8.44. The zero-order valence-corrected chi connectivity index (χ0v) is 15.3. The number of carbonyl (C=O) groups excluding carboxylic acids is 1. The van der Waals surface area contributed by atoms with Crippen LogP contribution in [-0.4, -0.2) is 26.2 Å². The van der Waals surface area contributed by atoms with Gasteiger partial charge in [0.25, 0.3) is 0 Å². The Labute approximate surface area is 163 Å². The van der Waals surface area contributed by atoms with E-state index < -0.39 is 24.3 Å². The van der Waals surface area contributed by atoms with E-state index in [1.54, 1.807) is 6.07 Å². The van der Waals surface area contributed by atoms with Crippen LogP contribution in [0, 0.1) is 0 Å². The van der Waals surface area contributed by atoms with Crippen molar-refractivity contribution in [2.45, 2.75) is 19.2 Å². The summed E-state index contributed by atoms with van der Waals surface area (Å²) in [6.45, 7) is -2.81. The number of halogens is 5. The minimum atomic E-state index is -4.46. The third-order valence-electron chi connectivity index (χ3n) is 3.80. The minimum Gasteiger partial charge on any atom is -0.493 e. The van der Waals surface area contributed by atoms with Gasteiger partial charge in [-0.3, -0.25) is 4.79 Å². The largest absolute Gasteiger partial charge is 0.493 e. The fraction of sp³-hybridized carbons (Fsp3) is 0.250. The summed E-state index contributed by atoms with van der Waals surface area (Å²) < 4.78 is 72.2. The van der Waals surface area contributed by atoms with Crippen molar-refractivity contribution in [3.8, 4) is 11.5 Å². The van der Waals surface area contributed by atoms with Crippen molar-refractivity contribution in [3.05, 3.63) is 65.2 Å². The van der Waals surface area contributed by atoms with Gasteiger partial charge in [-0.15, -0.1) is 0 Å². The number of nitrogens with one attached hydrogen (secondary N) is 1. The van der Waals surface area contributed by atoms with Gasteiger partial charge in [-0.2, -0.15) is 22.0 Å². The number of ether oxygens (including phenoxy) is 2. The van der Waals surface area contributed by atoms with Crippen LogP contribution >= 0.6 is 0 Å². The third-order valence-corrected chi connectivity index (χ3v) is 3.80. The summed E-state index contributed by atoms with van der Waals surface area (Å²) in [6, 6.07) is 9.08.